The number of rotatable bonds is 5. The van der Waals surface area contributed by atoms with Crippen LogP contribution in [0.3, 0.4) is 0 Å². The first kappa shape index (κ1) is 19.1. The van der Waals surface area contributed by atoms with E-state index in [-0.39, 0.29) is 17.5 Å². The summed E-state index contributed by atoms with van der Waals surface area (Å²) in [4.78, 5) is 27.5. The fourth-order valence-electron chi connectivity index (χ4n) is 3.03. The molecule has 0 saturated carbocycles. The Hall–Kier alpha value is -3.66. The summed E-state index contributed by atoms with van der Waals surface area (Å²) < 4.78 is 0. The van der Waals surface area contributed by atoms with Crippen molar-refractivity contribution in [3.05, 3.63) is 54.0 Å². The number of anilines is 2. The highest BCUT2D eigenvalue weighted by molar-refractivity contribution is 6.01. The molecule has 1 aromatic carbocycles. The topological polar surface area (TPSA) is 88.9 Å². The normalized spacial score (nSPS) is 11.5. The predicted octanol–water partition coefficient (Wildman–Crippen LogP) is 3.50. The first-order valence-corrected chi connectivity index (χ1v) is 8.93. The number of H-pyrrole nitrogens is 1. The molecule has 0 radical (unpaired) electrons. The van der Waals surface area contributed by atoms with Crippen LogP contribution in [-0.4, -0.2) is 45.9 Å². The predicted molar refractivity (Wildman–Crippen MR) is 110 cm³/mol. The van der Waals surface area contributed by atoms with Crippen LogP contribution in [0, 0.1) is 11.3 Å². The molecule has 0 aliphatic carbocycles. The lowest BCUT2D eigenvalue weighted by atomic mass is 10.1. The number of likely N-dealkylation sites (N-methyl/N-ethyl adjacent to an activating group) is 1. The van der Waals surface area contributed by atoms with Crippen LogP contribution in [0.15, 0.2) is 48.4 Å². The average Bonchev–Trinajstić information content (AvgIpc) is 3.15. The fourth-order valence-corrected chi connectivity index (χ4v) is 3.03. The molecule has 0 atom stereocenters. The number of hydrogen-bond acceptors (Lipinski definition) is 5. The third-order valence-electron chi connectivity index (χ3n) is 4.29. The van der Waals surface area contributed by atoms with Crippen LogP contribution in [0.1, 0.15) is 19.4 Å². The zero-order valence-electron chi connectivity index (χ0n) is 16.3. The Morgan fingerprint density at radius 2 is 2.04 bits per heavy atom. The van der Waals surface area contributed by atoms with E-state index in [1.165, 1.54) is 11.2 Å². The lowest BCUT2D eigenvalue weighted by Gasteiger charge is -2.28. The zero-order valence-corrected chi connectivity index (χ0v) is 16.3. The second-order valence-corrected chi connectivity index (χ2v) is 6.87. The Labute approximate surface area is 163 Å². The van der Waals surface area contributed by atoms with E-state index < -0.39 is 0 Å². The van der Waals surface area contributed by atoms with Crippen molar-refractivity contribution in [3.63, 3.8) is 0 Å². The van der Waals surface area contributed by atoms with Crippen molar-refractivity contribution < 1.29 is 4.79 Å². The highest BCUT2D eigenvalue weighted by atomic mass is 16.2. The Kier molecular flexibility index (Phi) is 5.41. The number of hydrogen-bond donors (Lipinski definition) is 1. The lowest BCUT2D eigenvalue weighted by molar-refractivity contribution is -0.124. The largest absolute Gasteiger partial charge is 0.346 e. The van der Waals surface area contributed by atoms with E-state index in [9.17, 15) is 10.1 Å². The third kappa shape index (κ3) is 3.71. The second kappa shape index (κ2) is 7.92. The van der Waals surface area contributed by atoms with Crippen molar-refractivity contribution >= 4 is 34.5 Å². The second-order valence-electron chi connectivity index (χ2n) is 6.87. The fraction of sp³-hybridized carbons (Fsp3) is 0.238. The molecule has 142 valence electrons. The molecule has 0 fully saturated rings. The van der Waals surface area contributed by atoms with Gasteiger partial charge in [0.1, 0.15) is 29.4 Å². The summed E-state index contributed by atoms with van der Waals surface area (Å²) in [6.07, 6.45) is 4.99. The van der Waals surface area contributed by atoms with E-state index in [1.54, 1.807) is 20.2 Å². The maximum Gasteiger partial charge on any atom is 0.264 e. The van der Waals surface area contributed by atoms with Gasteiger partial charge in [-0.05, 0) is 43.7 Å². The highest BCUT2D eigenvalue weighted by Gasteiger charge is 2.19. The summed E-state index contributed by atoms with van der Waals surface area (Å²) in [5.41, 5.74) is 2.55. The molecule has 7 heteroatoms. The van der Waals surface area contributed by atoms with Gasteiger partial charge in [0.05, 0.1) is 5.39 Å². The third-order valence-corrected chi connectivity index (χ3v) is 4.29. The van der Waals surface area contributed by atoms with Gasteiger partial charge in [-0.1, -0.05) is 12.1 Å². The van der Waals surface area contributed by atoms with Gasteiger partial charge in [-0.3, -0.25) is 4.79 Å². The van der Waals surface area contributed by atoms with Gasteiger partial charge >= 0.3 is 0 Å². The number of carbonyl (C=O) groups is 1. The van der Waals surface area contributed by atoms with Crippen LogP contribution >= 0.6 is 0 Å². The number of aromatic nitrogens is 3. The molecule has 2 aromatic heterocycles. The Balaban J connectivity index is 2.07. The van der Waals surface area contributed by atoms with Crippen molar-refractivity contribution in [2.75, 3.05) is 19.0 Å². The number of nitrogens with one attached hydrogen (secondary N) is 1. The standard InChI is InChI=1S/C21H22N6O/c1-14(2)27(20-18-8-9-23-19(18)24-13-25-20)17-7-5-6-15(11-17)10-16(12-22)21(28)26(3)4/h5-11,13-14H,1-4H3,(H,23,24,25). The summed E-state index contributed by atoms with van der Waals surface area (Å²) in [5, 5.41) is 10.3. The Bertz CT molecular complexity index is 1070. The van der Waals surface area contributed by atoms with Crippen molar-refractivity contribution in [1.82, 2.24) is 19.9 Å². The minimum Gasteiger partial charge on any atom is -0.346 e. The zero-order chi connectivity index (χ0) is 20.3. The van der Waals surface area contributed by atoms with E-state index in [4.69, 9.17) is 0 Å². The minimum absolute atomic E-state index is 0.0910. The number of amides is 1. The molecule has 0 aliphatic rings. The molecule has 28 heavy (non-hydrogen) atoms. The highest BCUT2D eigenvalue weighted by Crippen LogP contribution is 2.32. The van der Waals surface area contributed by atoms with Crippen LogP contribution in [-0.2, 0) is 4.79 Å². The average molecular weight is 374 g/mol. The van der Waals surface area contributed by atoms with Crippen LogP contribution in [0.25, 0.3) is 17.1 Å². The maximum atomic E-state index is 12.1. The van der Waals surface area contributed by atoms with E-state index in [1.807, 2.05) is 42.6 Å². The van der Waals surface area contributed by atoms with Gasteiger partial charge in [0.15, 0.2) is 0 Å². The number of nitrogens with zero attached hydrogens (tertiary/aromatic N) is 5. The Morgan fingerprint density at radius 1 is 1.25 bits per heavy atom. The summed E-state index contributed by atoms with van der Waals surface area (Å²) >= 11 is 0. The van der Waals surface area contributed by atoms with E-state index in [0.29, 0.717) is 0 Å². The molecule has 1 N–H and O–H groups in total. The van der Waals surface area contributed by atoms with Gasteiger partial charge < -0.3 is 14.8 Å². The van der Waals surface area contributed by atoms with E-state index >= 15 is 0 Å². The monoisotopic (exact) mass is 374 g/mol. The molecule has 0 spiro atoms. The van der Waals surface area contributed by atoms with Gasteiger partial charge in [0.2, 0.25) is 0 Å². The van der Waals surface area contributed by atoms with Crippen LogP contribution in [0.5, 0.6) is 0 Å². The first-order valence-electron chi connectivity index (χ1n) is 8.93. The number of fused-ring (bicyclic) bond motifs is 1. The summed E-state index contributed by atoms with van der Waals surface area (Å²) in [6.45, 7) is 4.17. The summed E-state index contributed by atoms with van der Waals surface area (Å²) in [6, 6.07) is 11.8. The van der Waals surface area contributed by atoms with Crippen molar-refractivity contribution in [1.29, 1.82) is 5.26 Å². The number of aromatic amines is 1. The molecule has 0 unspecified atom stereocenters. The maximum absolute atomic E-state index is 12.1. The molecule has 0 saturated heterocycles. The first-order chi connectivity index (χ1) is 13.4. The SMILES string of the molecule is CC(C)N(c1cccc(C=C(C#N)C(=O)N(C)C)c1)c1ncnc2[nH]ccc12. The molecular formula is C21H22N6O. The van der Waals surface area contributed by atoms with Crippen molar-refractivity contribution in [2.45, 2.75) is 19.9 Å². The molecule has 3 aromatic rings. The van der Waals surface area contributed by atoms with Gasteiger partial charge in [0.25, 0.3) is 5.91 Å². The van der Waals surface area contributed by atoms with E-state index in [2.05, 4.69) is 33.7 Å². The molecule has 0 bridgehead atoms. The van der Waals surface area contributed by atoms with Gasteiger partial charge in [-0.15, -0.1) is 0 Å². The van der Waals surface area contributed by atoms with Crippen LogP contribution in [0.2, 0.25) is 0 Å². The van der Waals surface area contributed by atoms with Gasteiger partial charge in [-0.2, -0.15) is 5.26 Å². The van der Waals surface area contributed by atoms with Gasteiger partial charge in [-0.25, -0.2) is 9.97 Å². The number of carbonyl (C=O) groups excluding carboxylic acids is 1. The number of benzene rings is 1. The smallest absolute Gasteiger partial charge is 0.264 e. The molecule has 3 rings (SSSR count). The van der Waals surface area contributed by atoms with Crippen molar-refractivity contribution in [3.8, 4) is 6.07 Å². The van der Waals surface area contributed by atoms with Crippen molar-refractivity contribution in [2.24, 2.45) is 0 Å². The molecule has 2 heterocycles. The van der Waals surface area contributed by atoms with E-state index in [0.717, 1.165) is 28.1 Å². The van der Waals surface area contributed by atoms with Gasteiger partial charge in [0, 0.05) is 32.0 Å². The summed E-state index contributed by atoms with van der Waals surface area (Å²) in [5.74, 6) is 0.478. The molecular weight excluding hydrogens is 352 g/mol. The number of nitriles is 1. The minimum atomic E-state index is -0.321. The Morgan fingerprint density at radius 3 is 2.71 bits per heavy atom. The van der Waals surface area contributed by atoms with Crippen LogP contribution in [0.4, 0.5) is 11.5 Å². The molecule has 0 aliphatic heterocycles. The van der Waals surface area contributed by atoms with Crippen LogP contribution < -0.4 is 4.90 Å². The quantitative estimate of drug-likeness (QED) is 0.545. The molecule has 1 amide bonds. The summed E-state index contributed by atoms with van der Waals surface area (Å²) in [7, 11) is 3.25. The molecule has 7 nitrogen and oxygen atoms in total. The lowest BCUT2D eigenvalue weighted by Crippen LogP contribution is -2.26.